The van der Waals surface area contributed by atoms with Crippen molar-refractivity contribution in [3.8, 4) is 17.6 Å². The number of hydrogen-bond donors (Lipinski definition) is 1. The highest BCUT2D eigenvalue weighted by Gasteiger charge is 2.22. The van der Waals surface area contributed by atoms with E-state index < -0.39 is 11.7 Å². The zero-order chi connectivity index (χ0) is 19.4. The molecule has 0 saturated carbocycles. The van der Waals surface area contributed by atoms with Gasteiger partial charge in [-0.15, -0.1) is 0 Å². The number of rotatable bonds is 5. The highest BCUT2D eigenvalue weighted by atomic mass is 19.1. The third-order valence-corrected chi connectivity index (χ3v) is 4.10. The van der Waals surface area contributed by atoms with Gasteiger partial charge < -0.3 is 14.8 Å². The fourth-order valence-corrected chi connectivity index (χ4v) is 2.88. The zero-order valence-corrected chi connectivity index (χ0v) is 15.1. The van der Waals surface area contributed by atoms with Gasteiger partial charge in [-0.25, -0.2) is 4.39 Å². The SMILES string of the molecule is CCOc1cc2c(cc1/C=C(\C#N)C(=O)Nc1ccc(F)cc1)O[C@@H](C)C2. The lowest BCUT2D eigenvalue weighted by Crippen LogP contribution is -2.13. The van der Waals surface area contributed by atoms with Crippen LogP contribution in [0.2, 0.25) is 0 Å². The van der Waals surface area contributed by atoms with Crippen LogP contribution >= 0.6 is 0 Å². The van der Waals surface area contributed by atoms with E-state index >= 15 is 0 Å². The first-order chi connectivity index (χ1) is 13.0. The van der Waals surface area contributed by atoms with Crippen LogP contribution < -0.4 is 14.8 Å². The van der Waals surface area contributed by atoms with Gasteiger partial charge in [-0.2, -0.15) is 5.26 Å². The van der Waals surface area contributed by atoms with Crippen molar-refractivity contribution >= 4 is 17.7 Å². The standard InChI is InChI=1S/C21H19FN2O3/c1-3-26-19-10-14-8-13(2)27-20(14)11-15(19)9-16(12-23)21(25)24-18-6-4-17(22)5-7-18/h4-7,9-11,13H,3,8H2,1-2H3,(H,24,25)/b16-9+/t13-/m0/s1. The smallest absolute Gasteiger partial charge is 0.266 e. The van der Waals surface area contributed by atoms with Gasteiger partial charge in [-0.1, -0.05) is 0 Å². The molecule has 0 saturated heterocycles. The Kier molecular flexibility index (Phi) is 5.41. The Balaban J connectivity index is 1.90. The monoisotopic (exact) mass is 366 g/mol. The molecule has 6 heteroatoms. The van der Waals surface area contributed by atoms with E-state index in [9.17, 15) is 14.4 Å². The first kappa shape index (κ1) is 18.5. The summed E-state index contributed by atoms with van der Waals surface area (Å²) in [5.74, 6) is 0.337. The molecule has 2 aromatic rings. The van der Waals surface area contributed by atoms with Crippen LogP contribution in [0.15, 0.2) is 42.0 Å². The Morgan fingerprint density at radius 2 is 2.15 bits per heavy atom. The van der Waals surface area contributed by atoms with Gasteiger partial charge in [-0.3, -0.25) is 4.79 Å². The molecule has 0 fully saturated rings. The summed E-state index contributed by atoms with van der Waals surface area (Å²) in [5.41, 5.74) is 1.94. The average Bonchev–Trinajstić information content (AvgIpc) is 3.00. The summed E-state index contributed by atoms with van der Waals surface area (Å²) in [6.45, 7) is 4.30. The topological polar surface area (TPSA) is 71.3 Å². The second-order valence-electron chi connectivity index (χ2n) is 6.19. The maximum Gasteiger partial charge on any atom is 0.266 e. The second kappa shape index (κ2) is 7.92. The van der Waals surface area contributed by atoms with E-state index in [1.165, 1.54) is 30.3 Å². The van der Waals surface area contributed by atoms with Gasteiger partial charge in [0.2, 0.25) is 0 Å². The normalized spacial score (nSPS) is 15.5. The minimum absolute atomic E-state index is 0.0749. The van der Waals surface area contributed by atoms with Gasteiger partial charge in [0.25, 0.3) is 5.91 Å². The Labute approximate surface area is 157 Å². The largest absolute Gasteiger partial charge is 0.493 e. The third kappa shape index (κ3) is 4.26. The molecule has 1 atom stereocenters. The maximum absolute atomic E-state index is 13.0. The number of amides is 1. The summed E-state index contributed by atoms with van der Waals surface area (Å²) in [6, 6.07) is 10.9. The number of nitriles is 1. The molecular formula is C21H19FN2O3. The molecule has 1 N–H and O–H groups in total. The van der Waals surface area contributed by atoms with Gasteiger partial charge >= 0.3 is 0 Å². The van der Waals surface area contributed by atoms with Crippen molar-refractivity contribution in [3.05, 3.63) is 58.9 Å². The molecule has 2 aromatic carbocycles. The lowest BCUT2D eigenvalue weighted by molar-refractivity contribution is -0.112. The summed E-state index contributed by atoms with van der Waals surface area (Å²) < 4.78 is 24.4. The van der Waals surface area contributed by atoms with Crippen LogP contribution in [-0.4, -0.2) is 18.6 Å². The molecule has 0 unspecified atom stereocenters. The van der Waals surface area contributed by atoms with Crippen molar-refractivity contribution in [1.82, 2.24) is 0 Å². The van der Waals surface area contributed by atoms with Crippen LogP contribution in [0, 0.1) is 17.1 Å². The first-order valence-corrected chi connectivity index (χ1v) is 8.65. The first-order valence-electron chi connectivity index (χ1n) is 8.65. The van der Waals surface area contributed by atoms with Crippen LogP contribution in [-0.2, 0) is 11.2 Å². The molecular weight excluding hydrogens is 347 g/mol. The summed E-state index contributed by atoms with van der Waals surface area (Å²) in [5, 5.41) is 12.0. The van der Waals surface area contributed by atoms with Gasteiger partial charge in [-0.05, 0) is 56.3 Å². The molecule has 0 aromatic heterocycles. The van der Waals surface area contributed by atoms with E-state index in [-0.39, 0.29) is 11.7 Å². The van der Waals surface area contributed by atoms with Gasteiger partial charge in [0.15, 0.2) is 0 Å². The zero-order valence-electron chi connectivity index (χ0n) is 15.1. The molecule has 0 spiro atoms. The number of nitrogens with one attached hydrogen (secondary N) is 1. The second-order valence-corrected chi connectivity index (χ2v) is 6.19. The summed E-state index contributed by atoms with van der Waals surface area (Å²) in [4.78, 5) is 12.4. The Bertz CT molecular complexity index is 930. The number of carbonyl (C=O) groups excluding carboxylic acids is 1. The molecule has 0 bridgehead atoms. The minimum Gasteiger partial charge on any atom is -0.493 e. The number of nitrogens with zero attached hydrogens (tertiary/aromatic N) is 1. The number of hydrogen-bond acceptors (Lipinski definition) is 4. The van der Waals surface area contributed by atoms with E-state index in [4.69, 9.17) is 9.47 Å². The predicted molar refractivity (Wildman–Crippen MR) is 100 cm³/mol. The quantitative estimate of drug-likeness (QED) is 0.639. The maximum atomic E-state index is 13.0. The van der Waals surface area contributed by atoms with E-state index in [0.29, 0.717) is 23.6 Å². The van der Waals surface area contributed by atoms with E-state index in [1.54, 1.807) is 6.07 Å². The molecule has 0 aliphatic carbocycles. The van der Waals surface area contributed by atoms with E-state index in [1.807, 2.05) is 26.0 Å². The Hall–Kier alpha value is -3.33. The number of ether oxygens (including phenoxy) is 2. The van der Waals surface area contributed by atoms with Crippen LogP contribution in [0.4, 0.5) is 10.1 Å². The van der Waals surface area contributed by atoms with Crippen molar-refractivity contribution in [2.24, 2.45) is 0 Å². The summed E-state index contributed by atoms with van der Waals surface area (Å²) in [7, 11) is 0. The molecule has 1 aliphatic rings. The lowest BCUT2D eigenvalue weighted by atomic mass is 10.0. The van der Waals surface area contributed by atoms with Crippen molar-refractivity contribution in [1.29, 1.82) is 5.26 Å². The van der Waals surface area contributed by atoms with Gasteiger partial charge in [0.05, 0.1) is 6.61 Å². The fourth-order valence-electron chi connectivity index (χ4n) is 2.88. The molecule has 138 valence electrons. The minimum atomic E-state index is -0.582. The van der Waals surface area contributed by atoms with Crippen LogP contribution in [0.25, 0.3) is 6.08 Å². The predicted octanol–water partition coefficient (Wildman–Crippen LogP) is 4.09. The van der Waals surface area contributed by atoms with E-state index in [2.05, 4.69) is 5.32 Å². The number of fused-ring (bicyclic) bond motifs is 1. The van der Waals surface area contributed by atoms with Crippen molar-refractivity contribution in [3.63, 3.8) is 0 Å². The number of halogens is 1. The summed E-state index contributed by atoms with van der Waals surface area (Å²) in [6.07, 6.45) is 2.33. The van der Waals surface area contributed by atoms with Crippen LogP contribution in [0.1, 0.15) is 25.0 Å². The van der Waals surface area contributed by atoms with E-state index in [0.717, 1.165) is 17.7 Å². The molecule has 27 heavy (non-hydrogen) atoms. The fraction of sp³-hybridized carbons (Fsp3) is 0.238. The number of anilines is 1. The summed E-state index contributed by atoms with van der Waals surface area (Å²) >= 11 is 0. The molecule has 0 radical (unpaired) electrons. The molecule has 1 amide bonds. The Morgan fingerprint density at radius 3 is 2.81 bits per heavy atom. The van der Waals surface area contributed by atoms with Crippen LogP contribution in [0.3, 0.4) is 0 Å². The van der Waals surface area contributed by atoms with Crippen molar-refractivity contribution < 1.29 is 18.7 Å². The lowest BCUT2D eigenvalue weighted by Gasteiger charge is -2.11. The third-order valence-electron chi connectivity index (χ3n) is 4.10. The van der Waals surface area contributed by atoms with Crippen molar-refractivity contribution in [2.45, 2.75) is 26.4 Å². The molecule has 5 nitrogen and oxygen atoms in total. The van der Waals surface area contributed by atoms with Crippen molar-refractivity contribution in [2.75, 3.05) is 11.9 Å². The average molecular weight is 366 g/mol. The van der Waals surface area contributed by atoms with Gasteiger partial charge in [0, 0.05) is 23.2 Å². The van der Waals surface area contributed by atoms with Gasteiger partial charge in [0.1, 0.15) is 35.1 Å². The molecule has 1 aliphatic heterocycles. The highest BCUT2D eigenvalue weighted by molar-refractivity contribution is 6.09. The number of carbonyl (C=O) groups is 1. The number of benzene rings is 2. The molecule has 1 heterocycles. The highest BCUT2D eigenvalue weighted by Crippen LogP contribution is 2.36. The Morgan fingerprint density at radius 1 is 1.41 bits per heavy atom. The molecule has 3 rings (SSSR count). The van der Waals surface area contributed by atoms with Crippen LogP contribution in [0.5, 0.6) is 11.5 Å².